The Morgan fingerprint density at radius 1 is 1.21 bits per heavy atom. The summed E-state index contributed by atoms with van der Waals surface area (Å²) in [5, 5.41) is 5.25. The molecule has 1 aliphatic rings. The number of aromatic nitrogens is 1. The first-order valence-corrected chi connectivity index (χ1v) is 9.75. The van der Waals surface area contributed by atoms with E-state index in [0.29, 0.717) is 23.0 Å². The van der Waals surface area contributed by atoms with E-state index in [9.17, 15) is 9.59 Å². The highest BCUT2D eigenvalue weighted by Gasteiger charge is 2.23. The molecule has 0 atom stereocenters. The van der Waals surface area contributed by atoms with E-state index in [-0.39, 0.29) is 11.8 Å². The lowest BCUT2D eigenvalue weighted by Gasteiger charge is -2.15. The number of methoxy groups -OCH3 is 1. The molecular formula is C21H19N3O3S. The maximum absolute atomic E-state index is 12.5. The third-order valence-corrected chi connectivity index (χ3v) is 5.47. The van der Waals surface area contributed by atoms with Crippen LogP contribution in [0.2, 0.25) is 0 Å². The fraction of sp³-hybridized carbons (Fsp3) is 0.190. The minimum absolute atomic E-state index is 0.0421. The second-order valence-electron chi connectivity index (χ2n) is 6.49. The second kappa shape index (κ2) is 7.44. The molecule has 4 rings (SSSR count). The van der Waals surface area contributed by atoms with Crippen LogP contribution in [0, 0.1) is 0 Å². The van der Waals surface area contributed by atoms with Crippen molar-refractivity contribution in [2.45, 2.75) is 13.3 Å². The molecule has 6 nitrogen and oxygen atoms in total. The second-order valence-corrected chi connectivity index (χ2v) is 7.35. The fourth-order valence-electron chi connectivity index (χ4n) is 3.26. The van der Waals surface area contributed by atoms with Gasteiger partial charge < -0.3 is 9.64 Å². The van der Waals surface area contributed by atoms with E-state index < -0.39 is 0 Å². The van der Waals surface area contributed by atoms with Gasteiger partial charge in [-0.3, -0.25) is 14.9 Å². The van der Waals surface area contributed by atoms with Crippen molar-refractivity contribution in [3.63, 3.8) is 0 Å². The first kappa shape index (κ1) is 18.2. The van der Waals surface area contributed by atoms with Gasteiger partial charge in [0.15, 0.2) is 5.13 Å². The van der Waals surface area contributed by atoms with Crippen molar-refractivity contribution in [2.75, 3.05) is 23.9 Å². The van der Waals surface area contributed by atoms with Crippen molar-refractivity contribution in [2.24, 2.45) is 0 Å². The van der Waals surface area contributed by atoms with Gasteiger partial charge in [-0.2, -0.15) is 0 Å². The molecule has 0 aliphatic carbocycles. The molecule has 0 radical (unpaired) electrons. The Balaban J connectivity index is 1.54. The average molecular weight is 393 g/mol. The Kier molecular flexibility index (Phi) is 4.83. The van der Waals surface area contributed by atoms with Crippen LogP contribution in [0.25, 0.3) is 11.3 Å². The van der Waals surface area contributed by atoms with Gasteiger partial charge in [0.2, 0.25) is 5.91 Å². The monoisotopic (exact) mass is 393 g/mol. The Labute approximate surface area is 166 Å². The summed E-state index contributed by atoms with van der Waals surface area (Å²) in [5.41, 5.74) is 4.31. The topological polar surface area (TPSA) is 71.5 Å². The van der Waals surface area contributed by atoms with E-state index in [1.165, 1.54) is 16.9 Å². The van der Waals surface area contributed by atoms with Crippen molar-refractivity contribution in [3.05, 3.63) is 59.0 Å². The lowest BCUT2D eigenvalue weighted by Crippen LogP contribution is -2.25. The number of carbonyl (C=O) groups is 2. The number of carbonyl (C=O) groups excluding carboxylic acids is 2. The number of hydrogen-bond donors (Lipinski definition) is 1. The van der Waals surface area contributed by atoms with Gasteiger partial charge in [0.25, 0.3) is 5.91 Å². The van der Waals surface area contributed by atoms with Crippen LogP contribution in [0.4, 0.5) is 10.8 Å². The van der Waals surface area contributed by atoms with E-state index in [4.69, 9.17) is 4.74 Å². The zero-order valence-corrected chi connectivity index (χ0v) is 16.4. The number of amides is 2. The maximum atomic E-state index is 12.5. The van der Waals surface area contributed by atoms with Crippen molar-refractivity contribution < 1.29 is 14.3 Å². The van der Waals surface area contributed by atoms with E-state index in [2.05, 4.69) is 10.3 Å². The predicted octanol–water partition coefficient (Wildman–Crippen LogP) is 3.98. The predicted molar refractivity (Wildman–Crippen MR) is 110 cm³/mol. The summed E-state index contributed by atoms with van der Waals surface area (Å²) in [6.45, 7) is 2.30. The number of nitrogens with zero attached hydrogens (tertiary/aromatic N) is 2. The Hall–Kier alpha value is -3.19. The molecule has 2 aromatic carbocycles. The van der Waals surface area contributed by atoms with Crippen LogP contribution >= 0.6 is 11.3 Å². The molecule has 142 valence electrons. The summed E-state index contributed by atoms with van der Waals surface area (Å²) < 4.78 is 5.16. The highest BCUT2D eigenvalue weighted by Crippen LogP contribution is 2.34. The van der Waals surface area contributed by atoms with Gasteiger partial charge in [-0.25, -0.2) is 4.98 Å². The maximum Gasteiger partial charge on any atom is 0.257 e. The average Bonchev–Trinajstić information content (AvgIpc) is 3.34. The van der Waals surface area contributed by atoms with Crippen LogP contribution in [0.3, 0.4) is 0 Å². The van der Waals surface area contributed by atoms with E-state index in [1.54, 1.807) is 43.2 Å². The standard InChI is InChI=1S/C21H19N3O3S/c1-13(25)24-9-8-14-6-7-15(11-19(14)24)18-12-28-21(22-18)23-20(26)16-4-3-5-17(10-16)27-2/h3-7,10-12H,8-9H2,1-2H3,(H,22,23,26). The molecule has 1 aliphatic heterocycles. The van der Waals surface area contributed by atoms with Crippen LogP contribution in [0.5, 0.6) is 5.75 Å². The van der Waals surface area contributed by atoms with Gasteiger partial charge in [0, 0.05) is 35.7 Å². The first-order valence-electron chi connectivity index (χ1n) is 8.87. The van der Waals surface area contributed by atoms with Crippen molar-refractivity contribution in [1.82, 2.24) is 4.98 Å². The van der Waals surface area contributed by atoms with Crippen LogP contribution in [0.15, 0.2) is 47.8 Å². The number of ether oxygens (including phenoxy) is 1. The van der Waals surface area contributed by atoms with E-state index in [0.717, 1.165) is 23.4 Å². The minimum atomic E-state index is -0.239. The molecule has 2 heterocycles. The zero-order chi connectivity index (χ0) is 19.7. The summed E-state index contributed by atoms with van der Waals surface area (Å²) in [6.07, 6.45) is 0.869. The normalized spacial score (nSPS) is 12.6. The largest absolute Gasteiger partial charge is 0.497 e. The first-order chi connectivity index (χ1) is 13.5. The van der Waals surface area contributed by atoms with Gasteiger partial charge in [-0.05, 0) is 36.2 Å². The summed E-state index contributed by atoms with van der Waals surface area (Å²) in [7, 11) is 1.56. The number of fused-ring (bicyclic) bond motifs is 1. The highest BCUT2D eigenvalue weighted by atomic mass is 32.1. The van der Waals surface area contributed by atoms with Crippen molar-refractivity contribution in [3.8, 4) is 17.0 Å². The molecule has 3 aromatic rings. The van der Waals surface area contributed by atoms with Gasteiger partial charge in [0.1, 0.15) is 5.75 Å². The molecule has 2 amide bonds. The molecule has 0 fully saturated rings. The molecule has 1 aromatic heterocycles. The zero-order valence-electron chi connectivity index (χ0n) is 15.6. The summed E-state index contributed by atoms with van der Waals surface area (Å²) in [5.74, 6) is 0.428. The molecule has 0 saturated heterocycles. The molecule has 0 unspecified atom stereocenters. The van der Waals surface area contributed by atoms with Gasteiger partial charge in [-0.15, -0.1) is 11.3 Å². The molecular weight excluding hydrogens is 374 g/mol. The molecule has 7 heteroatoms. The van der Waals surface area contributed by atoms with E-state index in [1.807, 2.05) is 23.6 Å². The smallest absolute Gasteiger partial charge is 0.257 e. The molecule has 0 spiro atoms. The third kappa shape index (κ3) is 3.48. The number of benzene rings is 2. The Morgan fingerprint density at radius 3 is 2.86 bits per heavy atom. The number of anilines is 2. The number of hydrogen-bond acceptors (Lipinski definition) is 5. The SMILES string of the molecule is COc1cccc(C(=O)Nc2nc(-c3ccc4c(c3)N(C(C)=O)CC4)cs2)c1. The van der Waals surface area contributed by atoms with E-state index >= 15 is 0 Å². The summed E-state index contributed by atoms with van der Waals surface area (Å²) in [6, 6.07) is 13.0. The van der Waals surface area contributed by atoms with Gasteiger partial charge in [-0.1, -0.05) is 18.2 Å². The highest BCUT2D eigenvalue weighted by molar-refractivity contribution is 7.14. The number of thiazole rings is 1. The summed E-state index contributed by atoms with van der Waals surface area (Å²) in [4.78, 5) is 30.6. The van der Waals surface area contributed by atoms with Crippen LogP contribution < -0.4 is 15.0 Å². The van der Waals surface area contributed by atoms with Crippen LogP contribution in [-0.4, -0.2) is 30.5 Å². The van der Waals surface area contributed by atoms with Crippen LogP contribution in [0.1, 0.15) is 22.8 Å². The Morgan fingerprint density at radius 2 is 2.07 bits per heavy atom. The number of rotatable bonds is 4. The summed E-state index contributed by atoms with van der Waals surface area (Å²) >= 11 is 1.36. The molecule has 0 bridgehead atoms. The molecule has 1 N–H and O–H groups in total. The quantitative estimate of drug-likeness (QED) is 0.728. The third-order valence-electron chi connectivity index (χ3n) is 4.71. The van der Waals surface area contributed by atoms with Gasteiger partial charge in [0.05, 0.1) is 12.8 Å². The fourth-order valence-corrected chi connectivity index (χ4v) is 3.98. The minimum Gasteiger partial charge on any atom is -0.497 e. The number of nitrogens with one attached hydrogen (secondary N) is 1. The lowest BCUT2D eigenvalue weighted by atomic mass is 10.1. The van der Waals surface area contributed by atoms with Gasteiger partial charge >= 0.3 is 0 Å². The molecule has 0 saturated carbocycles. The van der Waals surface area contributed by atoms with Crippen molar-refractivity contribution in [1.29, 1.82) is 0 Å². The lowest BCUT2D eigenvalue weighted by molar-refractivity contribution is -0.116. The van der Waals surface area contributed by atoms with Crippen molar-refractivity contribution >= 4 is 34.0 Å². The Bertz CT molecular complexity index is 1060. The van der Waals surface area contributed by atoms with Crippen LogP contribution in [-0.2, 0) is 11.2 Å². The molecule has 28 heavy (non-hydrogen) atoms.